The van der Waals surface area contributed by atoms with Crippen LogP contribution >= 0.6 is 31.9 Å². The minimum Gasteiger partial charge on any atom is -0.385 e. The van der Waals surface area contributed by atoms with Crippen LogP contribution in [0.5, 0.6) is 0 Å². The highest BCUT2D eigenvalue weighted by Gasteiger charge is 2.17. The zero-order chi connectivity index (χ0) is 32.9. The highest BCUT2D eigenvalue weighted by Crippen LogP contribution is 2.22. The summed E-state index contributed by atoms with van der Waals surface area (Å²) in [6, 6.07) is 8.86. The van der Waals surface area contributed by atoms with E-state index in [-0.39, 0.29) is 0 Å². The normalized spacial score (nSPS) is 12.7. The van der Waals surface area contributed by atoms with Crippen molar-refractivity contribution in [3.8, 4) is 0 Å². The van der Waals surface area contributed by atoms with Crippen molar-refractivity contribution in [2.45, 2.75) is 178 Å². The van der Waals surface area contributed by atoms with Crippen molar-refractivity contribution in [2.24, 2.45) is 0 Å². The fourth-order valence-corrected chi connectivity index (χ4v) is 7.29. The molecule has 2 aromatic heterocycles. The van der Waals surface area contributed by atoms with Gasteiger partial charge in [-0.25, -0.2) is 0 Å². The molecule has 0 spiro atoms. The van der Waals surface area contributed by atoms with Gasteiger partial charge in [-0.15, -0.1) is 0 Å². The third-order valence-corrected chi connectivity index (χ3v) is 11.1. The molecule has 0 radical (unpaired) electrons. The summed E-state index contributed by atoms with van der Waals surface area (Å²) in [6.45, 7) is 6.73. The van der Waals surface area contributed by atoms with Crippen LogP contribution in [0, 0.1) is 0 Å². The Morgan fingerprint density at radius 2 is 0.717 bits per heavy atom. The first-order valence-electron chi connectivity index (χ1n) is 19.4. The van der Waals surface area contributed by atoms with Crippen LogP contribution in [-0.2, 0) is 0 Å². The molecule has 2 heterocycles. The number of nitrogens with zero attached hydrogens (tertiary/aromatic N) is 2. The first-order valence-corrected chi connectivity index (χ1v) is 21.2. The van der Waals surface area contributed by atoms with Crippen molar-refractivity contribution in [1.29, 1.82) is 0 Å². The van der Waals surface area contributed by atoms with Crippen LogP contribution in [-0.4, -0.2) is 13.1 Å². The minimum absolute atomic E-state index is 0.339. The third kappa shape index (κ3) is 21.0. The monoisotopic (exact) mass is 764 g/mol. The number of halogens is 2. The van der Waals surface area contributed by atoms with Gasteiger partial charge in [-0.05, 0) is 57.5 Å². The van der Waals surface area contributed by atoms with Crippen molar-refractivity contribution in [2.75, 3.05) is 23.7 Å². The van der Waals surface area contributed by atoms with E-state index in [0.717, 1.165) is 25.9 Å². The maximum Gasteiger partial charge on any atom is 0.211 e. The molecule has 0 amide bonds. The van der Waals surface area contributed by atoms with Crippen LogP contribution in [0.25, 0.3) is 0 Å². The molecule has 0 aliphatic rings. The first kappa shape index (κ1) is 41.0. The molecular formula is C40H70Br2N4+2. The highest BCUT2D eigenvalue weighted by molar-refractivity contribution is 9.09. The Kier molecular flexibility index (Phi) is 25.7. The molecule has 4 nitrogen and oxygen atoms in total. The van der Waals surface area contributed by atoms with E-state index in [1.54, 1.807) is 0 Å². The van der Waals surface area contributed by atoms with Crippen LogP contribution in [0.3, 0.4) is 0 Å². The summed E-state index contributed by atoms with van der Waals surface area (Å²) < 4.78 is 4.57. The topological polar surface area (TPSA) is 31.8 Å². The molecular weight excluding hydrogens is 696 g/mol. The Bertz CT molecular complexity index is 860. The second-order valence-corrected chi connectivity index (χ2v) is 15.6. The number of anilines is 2. The maximum atomic E-state index is 3.91. The lowest BCUT2D eigenvalue weighted by Gasteiger charge is -2.10. The smallest absolute Gasteiger partial charge is 0.211 e. The zero-order valence-corrected chi connectivity index (χ0v) is 33.0. The van der Waals surface area contributed by atoms with Gasteiger partial charge in [-0.2, -0.15) is 9.13 Å². The van der Waals surface area contributed by atoms with Crippen LogP contribution in [0.2, 0.25) is 0 Å². The molecule has 2 rings (SSSR count). The molecule has 0 aromatic carbocycles. The number of hydrogen-bond donors (Lipinski definition) is 2. The number of unbranched alkanes of at least 4 members (excludes halogenated alkanes) is 19. The number of nitrogens with one attached hydrogen (secondary N) is 2. The SMILES string of the molecule is CCCCCCCCCCCCNc1cc[n+](C(Br)CCCCC(Br)[n+]2ccc(NCCCCCCCCCCCC)cc2)cc1. The summed E-state index contributed by atoms with van der Waals surface area (Å²) >= 11 is 7.82. The van der Waals surface area contributed by atoms with Gasteiger partial charge in [-0.3, -0.25) is 0 Å². The Morgan fingerprint density at radius 1 is 0.435 bits per heavy atom. The fraction of sp³-hybridized carbons (Fsp3) is 0.750. The maximum absolute atomic E-state index is 3.91. The quantitative estimate of drug-likeness (QED) is 0.0455. The first-order chi connectivity index (χ1) is 22.6. The summed E-state index contributed by atoms with van der Waals surface area (Å²) in [5.74, 6) is 0. The lowest BCUT2D eigenvalue weighted by molar-refractivity contribution is -0.699. The third-order valence-electron chi connectivity index (χ3n) is 9.21. The number of aromatic nitrogens is 2. The summed E-state index contributed by atoms with van der Waals surface area (Å²) in [5.41, 5.74) is 2.46. The summed E-state index contributed by atoms with van der Waals surface area (Å²) in [4.78, 5) is 0.678. The van der Waals surface area contributed by atoms with Gasteiger partial charge in [0.2, 0.25) is 9.90 Å². The largest absolute Gasteiger partial charge is 0.385 e. The van der Waals surface area contributed by atoms with E-state index in [1.165, 1.54) is 153 Å². The summed E-state index contributed by atoms with van der Waals surface area (Å²) in [6.07, 6.45) is 41.2. The molecule has 2 atom stereocenters. The van der Waals surface area contributed by atoms with Gasteiger partial charge in [0.1, 0.15) is 0 Å². The van der Waals surface area contributed by atoms with Crippen molar-refractivity contribution in [1.82, 2.24) is 0 Å². The average Bonchev–Trinajstić information content (AvgIpc) is 3.08. The van der Waals surface area contributed by atoms with E-state index in [2.05, 4.69) is 115 Å². The molecule has 0 saturated carbocycles. The Balaban J connectivity index is 1.48. The Hall–Kier alpha value is -1.14. The van der Waals surface area contributed by atoms with E-state index >= 15 is 0 Å². The van der Waals surface area contributed by atoms with Crippen LogP contribution < -0.4 is 19.8 Å². The second kappa shape index (κ2) is 28.8. The van der Waals surface area contributed by atoms with E-state index in [4.69, 9.17) is 0 Å². The van der Waals surface area contributed by atoms with Crippen LogP contribution in [0.4, 0.5) is 11.4 Å². The molecule has 262 valence electrons. The van der Waals surface area contributed by atoms with Crippen LogP contribution in [0.15, 0.2) is 49.1 Å². The molecule has 6 heteroatoms. The van der Waals surface area contributed by atoms with Gasteiger partial charge < -0.3 is 10.6 Å². The van der Waals surface area contributed by atoms with Gasteiger partial charge in [-0.1, -0.05) is 129 Å². The standard InChI is InChI=1S/C40H68Br2N4/c1-3-5-7-9-11-13-15-17-19-23-31-43-37-27-33-45(34-28-37)39(41)25-21-22-26-40(42)46-35-29-38(30-36-46)44-32-24-20-18-16-14-12-10-8-6-4-2/h27-30,33-36,39-40H,3-26,31-32H2,1-2H3/p+2. The van der Waals surface area contributed by atoms with Gasteiger partial charge in [0.15, 0.2) is 24.8 Å². The number of alkyl halides is 2. The van der Waals surface area contributed by atoms with Crippen molar-refractivity contribution in [3.05, 3.63) is 49.1 Å². The number of rotatable bonds is 31. The number of hydrogen-bond acceptors (Lipinski definition) is 2. The van der Waals surface area contributed by atoms with Crippen molar-refractivity contribution >= 4 is 43.2 Å². The van der Waals surface area contributed by atoms with Gasteiger partial charge in [0, 0.05) is 61.6 Å². The van der Waals surface area contributed by atoms with E-state index in [9.17, 15) is 0 Å². The molecule has 2 N–H and O–H groups in total. The Morgan fingerprint density at radius 3 is 1.02 bits per heavy atom. The average molecular weight is 767 g/mol. The predicted octanol–water partition coefficient (Wildman–Crippen LogP) is 13.0. The summed E-state index contributed by atoms with van der Waals surface area (Å²) in [7, 11) is 0. The van der Waals surface area contributed by atoms with Crippen molar-refractivity contribution < 1.29 is 9.13 Å². The summed E-state index contributed by atoms with van der Waals surface area (Å²) in [5, 5.41) is 7.21. The van der Waals surface area contributed by atoms with Gasteiger partial charge in [0.05, 0.1) is 0 Å². The second-order valence-electron chi connectivity index (χ2n) is 13.4. The lowest BCUT2D eigenvalue weighted by atomic mass is 10.1. The van der Waals surface area contributed by atoms with Gasteiger partial charge >= 0.3 is 0 Å². The molecule has 0 fully saturated rings. The molecule has 0 saturated heterocycles. The zero-order valence-electron chi connectivity index (χ0n) is 29.8. The van der Waals surface area contributed by atoms with Gasteiger partial charge in [0.25, 0.3) is 0 Å². The molecule has 46 heavy (non-hydrogen) atoms. The van der Waals surface area contributed by atoms with E-state index in [1.807, 2.05) is 0 Å². The highest BCUT2D eigenvalue weighted by atomic mass is 79.9. The lowest BCUT2D eigenvalue weighted by Crippen LogP contribution is -2.36. The van der Waals surface area contributed by atoms with Crippen LogP contribution in [0.1, 0.15) is 178 Å². The Labute approximate surface area is 301 Å². The number of pyridine rings is 2. The molecule has 2 aromatic rings. The molecule has 2 unspecified atom stereocenters. The fourth-order valence-electron chi connectivity index (χ4n) is 6.10. The molecule has 0 aliphatic carbocycles. The molecule has 0 bridgehead atoms. The van der Waals surface area contributed by atoms with E-state index in [0.29, 0.717) is 9.90 Å². The van der Waals surface area contributed by atoms with E-state index < -0.39 is 0 Å². The predicted molar refractivity (Wildman–Crippen MR) is 208 cm³/mol. The van der Waals surface area contributed by atoms with Crippen molar-refractivity contribution in [3.63, 3.8) is 0 Å². The molecule has 0 aliphatic heterocycles. The minimum atomic E-state index is 0.339.